The highest BCUT2D eigenvalue weighted by Gasteiger charge is 2.17. The molecule has 1 atom stereocenters. The standard InChI is InChI=1S/C17H13I4NO5/c1-7(23)26-15-12(20)5-9(6-13(15)21)27-16-10(18)2-8(3-11(16)19)4-14(22)17(24)25/h2-3,5-6,14H,4,22H2,1H3,(H,24,25). The van der Waals surface area contributed by atoms with Gasteiger partial charge in [0.25, 0.3) is 0 Å². The molecular formula is C17H13I4NO5. The fourth-order valence-electron chi connectivity index (χ4n) is 2.12. The molecule has 3 N–H and O–H groups in total. The van der Waals surface area contributed by atoms with Crippen LogP contribution < -0.4 is 15.2 Å². The second-order valence-electron chi connectivity index (χ2n) is 5.45. The highest BCUT2D eigenvalue weighted by molar-refractivity contribution is 14.1. The normalized spacial score (nSPS) is 11.8. The molecule has 0 amide bonds. The smallest absolute Gasteiger partial charge is 0.320 e. The van der Waals surface area contributed by atoms with Crippen LogP contribution in [0.2, 0.25) is 0 Å². The van der Waals surface area contributed by atoms with Crippen molar-refractivity contribution in [2.75, 3.05) is 0 Å². The number of carboxylic acid groups (broad SMARTS) is 1. The SMILES string of the molecule is CC(=O)Oc1c(I)cc(Oc2c(I)cc(CC(N)C(=O)O)cc2I)cc1I. The predicted octanol–water partition coefficient (Wildman–Crippen LogP) is 4.78. The van der Waals surface area contributed by atoms with Crippen molar-refractivity contribution >= 4 is 102 Å². The van der Waals surface area contributed by atoms with Crippen LogP contribution in [-0.2, 0) is 16.0 Å². The molecule has 2 rings (SSSR count). The summed E-state index contributed by atoms with van der Waals surface area (Å²) < 4.78 is 14.5. The summed E-state index contributed by atoms with van der Waals surface area (Å²) in [5, 5.41) is 8.97. The van der Waals surface area contributed by atoms with Gasteiger partial charge in [-0.2, -0.15) is 0 Å². The zero-order valence-corrected chi connectivity index (χ0v) is 22.4. The summed E-state index contributed by atoms with van der Waals surface area (Å²) in [6.07, 6.45) is 0.245. The van der Waals surface area contributed by atoms with Crippen molar-refractivity contribution in [1.29, 1.82) is 0 Å². The van der Waals surface area contributed by atoms with E-state index in [0.29, 0.717) is 17.2 Å². The number of hydrogen-bond acceptors (Lipinski definition) is 5. The number of halogens is 4. The number of carboxylic acids is 1. The lowest BCUT2D eigenvalue weighted by Gasteiger charge is -2.15. The summed E-state index contributed by atoms with van der Waals surface area (Å²) in [5.74, 6) is 0.399. The largest absolute Gasteiger partial charge is 0.480 e. The predicted molar refractivity (Wildman–Crippen MR) is 134 cm³/mol. The van der Waals surface area contributed by atoms with Gasteiger partial charge in [0.05, 0.1) is 14.3 Å². The number of benzene rings is 2. The van der Waals surface area contributed by atoms with Gasteiger partial charge < -0.3 is 20.3 Å². The van der Waals surface area contributed by atoms with E-state index in [2.05, 4.69) is 90.4 Å². The molecule has 0 aliphatic heterocycles. The molecule has 0 heterocycles. The molecule has 0 saturated carbocycles. The Hall–Kier alpha value is 0.0600. The topological polar surface area (TPSA) is 98.9 Å². The van der Waals surface area contributed by atoms with E-state index in [9.17, 15) is 9.59 Å². The van der Waals surface area contributed by atoms with Crippen LogP contribution in [0.5, 0.6) is 17.2 Å². The van der Waals surface area contributed by atoms with E-state index in [1.54, 1.807) is 12.1 Å². The number of hydrogen-bond donors (Lipinski definition) is 2. The summed E-state index contributed by atoms with van der Waals surface area (Å²) in [7, 11) is 0. The van der Waals surface area contributed by atoms with Crippen LogP contribution in [0.4, 0.5) is 0 Å². The Kier molecular flexibility index (Phi) is 8.82. The Morgan fingerprint density at radius 3 is 1.93 bits per heavy atom. The lowest BCUT2D eigenvalue weighted by molar-refractivity contribution is -0.138. The lowest BCUT2D eigenvalue weighted by atomic mass is 10.1. The average Bonchev–Trinajstić information content (AvgIpc) is 2.54. The van der Waals surface area contributed by atoms with E-state index >= 15 is 0 Å². The molecule has 1 unspecified atom stereocenters. The number of esters is 1. The van der Waals surface area contributed by atoms with E-state index in [1.165, 1.54) is 6.92 Å². The van der Waals surface area contributed by atoms with Crippen molar-refractivity contribution in [2.24, 2.45) is 5.73 Å². The maximum Gasteiger partial charge on any atom is 0.320 e. The van der Waals surface area contributed by atoms with Gasteiger partial charge in [-0.25, -0.2) is 0 Å². The first kappa shape index (κ1) is 23.3. The van der Waals surface area contributed by atoms with Gasteiger partial charge in [-0.3, -0.25) is 9.59 Å². The number of nitrogens with two attached hydrogens (primary N) is 1. The van der Waals surface area contributed by atoms with Gasteiger partial charge in [-0.15, -0.1) is 0 Å². The molecule has 0 bridgehead atoms. The molecule has 2 aromatic rings. The fraction of sp³-hybridized carbons (Fsp3) is 0.176. The Bertz CT molecular complexity index is 857. The van der Waals surface area contributed by atoms with Crippen molar-refractivity contribution in [2.45, 2.75) is 19.4 Å². The molecule has 0 spiro atoms. The first-order chi connectivity index (χ1) is 12.6. The van der Waals surface area contributed by atoms with Crippen molar-refractivity contribution in [1.82, 2.24) is 0 Å². The van der Waals surface area contributed by atoms with Gasteiger partial charge in [-0.05, 0) is 127 Å². The van der Waals surface area contributed by atoms with Crippen molar-refractivity contribution in [3.63, 3.8) is 0 Å². The Morgan fingerprint density at radius 1 is 1.00 bits per heavy atom. The summed E-state index contributed by atoms with van der Waals surface area (Å²) in [6.45, 7) is 1.36. The third kappa shape index (κ3) is 6.53. The first-order valence-corrected chi connectivity index (χ1v) is 11.7. The maximum atomic E-state index is 11.2. The van der Waals surface area contributed by atoms with E-state index < -0.39 is 12.0 Å². The maximum absolute atomic E-state index is 11.2. The monoisotopic (exact) mass is 819 g/mol. The van der Waals surface area contributed by atoms with E-state index in [4.69, 9.17) is 20.3 Å². The quantitative estimate of drug-likeness (QED) is 0.248. The summed E-state index contributed by atoms with van der Waals surface area (Å²) in [6, 6.07) is 6.37. The van der Waals surface area contributed by atoms with E-state index in [0.717, 1.165) is 19.8 Å². The zero-order valence-electron chi connectivity index (χ0n) is 13.8. The van der Waals surface area contributed by atoms with Crippen LogP contribution in [0.3, 0.4) is 0 Å². The molecule has 0 fully saturated rings. The number of carbonyl (C=O) groups excluding carboxylic acids is 1. The first-order valence-electron chi connectivity index (χ1n) is 7.40. The molecule has 2 aromatic carbocycles. The zero-order chi connectivity index (χ0) is 20.3. The molecule has 0 aliphatic rings. The lowest BCUT2D eigenvalue weighted by Crippen LogP contribution is -2.32. The Balaban J connectivity index is 2.30. The minimum absolute atomic E-state index is 0.245. The summed E-state index contributed by atoms with van der Waals surface area (Å²) in [5.41, 5.74) is 6.45. The minimum Gasteiger partial charge on any atom is -0.480 e. The van der Waals surface area contributed by atoms with Gasteiger partial charge in [-0.1, -0.05) is 0 Å². The second kappa shape index (κ2) is 10.2. The Morgan fingerprint density at radius 2 is 1.48 bits per heavy atom. The molecule has 0 aromatic heterocycles. The molecular weight excluding hydrogens is 806 g/mol. The minimum atomic E-state index is -1.03. The number of ether oxygens (including phenoxy) is 2. The highest BCUT2D eigenvalue weighted by atomic mass is 127. The van der Waals surface area contributed by atoms with Crippen LogP contribution in [0.25, 0.3) is 0 Å². The van der Waals surface area contributed by atoms with Crippen molar-refractivity contribution < 1.29 is 24.2 Å². The van der Waals surface area contributed by atoms with Crippen LogP contribution in [0.1, 0.15) is 12.5 Å². The van der Waals surface area contributed by atoms with E-state index in [-0.39, 0.29) is 12.4 Å². The van der Waals surface area contributed by atoms with Gasteiger partial charge in [0.2, 0.25) is 0 Å². The van der Waals surface area contributed by atoms with Gasteiger partial charge in [0.1, 0.15) is 11.8 Å². The molecule has 6 nitrogen and oxygen atoms in total. The van der Waals surface area contributed by atoms with Gasteiger partial charge in [0.15, 0.2) is 11.5 Å². The molecule has 0 aliphatic carbocycles. The molecule has 144 valence electrons. The molecule has 27 heavy (non-hydrogen) atoms. The van der Waals surface area contributed by atoms with Gasteiger partial charge >= 0.3 is 11.9 Å². The Labute approximate surface area is 210 Å². The molecule has 10 heteroatoms. The van der Waals surface area contributed by atoms with Crippen LogP contribution in [0.15, 0.2) is 24.3 Å². The summed E-state index contributed by atoms with van der Waals surface area (Å²) >= 11 is 8.49. The van der Waals surface area contributed by atoms with Gasteiger partial charge in [0, 0.05) is 6.92 Å². The fourth-order valence-corrected chi connectivity index (χ4v) is 6.17. The van der Waals surface area contributed by atoms with Crippen LogP contribution in [-0.4, -0.2) is 23.1 Å². The second-order valence-corrected chi connectivity index (χ2v) is 10.1. The average molecular weight is 819 g/mol. The molecule has 0 saturated heterocycles. The van der Waals surface area contributed by atoms with Crippen molar-refractivity contribution in [3.8, 4) is 17.2 Å². The van der Waals surface area contributed by atoms with Crippen LogP contribution >= 0.6 is 90.4 Å². The third-order valence-corrected chi connectivity index (χ3v) is 6.47. The van der Waals surface area contributed by atoms with Crippen LogP contribution in [0, 0.1) is 14.3 Å². The van der Waals surface area contributed by atoms with E-state index in [1.807, 2.05) is 12.1 Å². The number of carbonyl (C=O) groups is 2. The highest BCUT2D eigenvalue weighted by Crippen LogP contribution is 2.37. The third-order valence-electron chi connectivity index (χ3n) is 3.27. The molecule has 0 radical (unpaired) electrons. The number of rotatable bonds is 6. The number of aliphatic carboxylic acids is 1. The van der Waals surface area contributed by atoms with Crippen molar-refractivity contribution in [3.05, 3.63) is 44.1 Å². The summed E-state index contributed by atoms with van der Waals surface area (Å²) in [4.78, 5) is 22.2.